The lowest BCUT2D eigenvalue weighted by atomic mass is 9.94. The fourth-order valence-electron chi connectivity index (χ4n) is 5.22. The molecule has 0 bridgehead atoms. The van der Waals surface area contributed by atoms with Gasteiger partial charge in [0.15, 0.2) is 17.2 Å². The van der Waals surface area contributed by atoms with Crippen LogP contribution < -0.4 is 14.8 Å². The van der Waals surface area contributed by atoms with E-state index in [9.17, 15) is 4.79 Å². The Morgan fingerprint density at radius 3 is 2.13 bits per heavy atom. The van der Waals surface area contributed by atoms with Crippen molar-refractivity contribution in [1.29, 1.82) is 0 Å². The highest BCUT2D eigenvalue weighted by molar-refractivity contribution is 5.94. The summed E-state index contributed by atoms with van der Waals surface area (Å²) in [6.07, 6.45) is 3.89. The van der Waals surface area contributed by atoms with Gasteiger partial charge in [0.2, 0.25) is 0 Å². The number of carbonyl (C=O) groups is 3. The molecule has 3 aliphatic rings. The molecule has 0 saturated carbocycles. The van der Waals surface area contributed by atoms with Gasteiger partial charge in [-0.2, -0.15) is 5.10 Å². The van der Waals surface area contributed by atoms with Crippen LogP contribution in [0.25, 0.3) is 0 Å². The number of aromatic nitrogens is 2. The number of piperidine rings is 1. The number of likely N-dealkylation sites (tertiary alicyclic amines) is 1. The van der Waals surface area contributed by atoms with Crippen molar-refractivity contribution < 1.29 is 34.1 Å². The van der Waals surface area contributed by atoms with Gasteiger partial charge in [-0.25, -0.2) is 0 Å². The highest BCUT2D eigenvalue weighted by Crippen LogP contribution is 2.34. The first-order valence-electron chi connectivity index (χ1n) is 13.1. The van der Waals surface area contributed by atoms with Crippen LogP contribution in [-0.2, 0) is 35.5 Å². The third-order valence-electron chi connectivity index (χ3n) is 7.02. The summed E-state index contributed by atoms with van der Waals surface area (Å²) in [7, 11) is 3.37. The number of amides is 1. The summed E-state index contributed by atoms with van der Waals surface area (Å²) in [4.78, 5) is 35.6. The predicted molar refractivity (Wildman–Crippen MR) is 143 cm³/mol. The van der Waals surface area contributed by atoms with E-state index in [1.165, 1.54) is 11.1 Å². The molecular formula is C27H39N5O7. The third-order valence-corrected chi connectivity index (χ3v) is 7.02. The summed E-state index contributed by atoms with van der Waals surface area (Å²) in [6, 6.07) is 4.74. The van der Waals surface area contributed by atoms with E-state index in [-0.39, 0.29) is 5.91 Å². The minimum atomic E-state index is -0.833. The zero-order valence-corrected chi connectivity index (χ0v) is 23.1. The predicted octanol–water partition coefficient (Wildman–Crippen LogP) is 1.92. The average Bonchev–Trinajstić information content (AvgIpc) is 3.35. The summed E-state index contributed by atoms with van der Waals surface area (Å²) in [6.45, 7) is 7.39. The van der Waals surface area contributed by atoms with Crippen molar-refractivity contribution in [2.75, 3.05) is 40.4 Å². The van der Waals surface area contributed by atoms with Crippen LogP contribution in [0.3, 0.4) is 0 Å². The van der Waals surface area contributed by atoms with Crippen molar-refractivity contribution in [2.45, 2.75) is 58.7 Å². The molecule has 1 saturated heterocycles. The lowest BCUT2D eigenvalue weighted by Gasteiger charge is -2.40. The molecule has 1 aromatic heterocycles. The van der Waals surface area contributed by atoms with E-state index >= 15 is 0 Å². The van der Waals surface area contributed by atoms with E-state index in [2.05, 4.69) is 32.5 Å². The summed E-state index contributed by atoms with van der Waals surface area (Å²) in [5, 5.41) is 25.5. The van der Waals surface area contributed by atoms with Crippen molar-refractivity contribution in [3.8, 4) is 11.5 Å². The average molecular weight is 546 g/mol. The van der Waals surface area contributed by atoms with Gasteiger partial charge in [0.1, 0.15) is 0 Å². The van der Waals surface area contributed by atoms with Crippen LogP contribution >= 0.6 is 0 Å². The van der Waals surface area contributed by atoms with E-state index < -0.39 is 11.9 Å². The Balaban J connectivity index is 0.000000466. The minimum Gasteiger partial charge on any atom is -0.493 e. The number of hydrogen-bond donors (Lipinski definition) is 4. The fraction of sp³-hybridized carbons (Fsp3) is 0.556. The second-order valence-electron chi connectivity index (χ2n) is 9.71. The molecule has 1 amide bonds. The van der Waals surface area contributed by atoms with E-state index in [0.717, 1.165) is 102 Å². The van der Waals surface area contributed by atoms with Crippen LogP contribution in [0.4, 0.5) is 0 Å². The smallest absolute Gasteiger partial charge is 0.300 e. The Bertz CT molecular complexity index is 1140. The van der Waals surface area contributed by atoms with Gasteiger partial charge in [-0.1, -0.05) is 0 Å². The van der Waals surface area contributed by atoms with Gasteiger partial charge in [-0.3, -0.25) is 24.4 Å². The van der Waals surface area contributed by atoms with Crippen LogP contribution in [0.5, 0.6) is 11.5 Å². The number of carboxylic acids is 2. The van der Waals surface area contributed by atoms with Crippen molar-refractivity contribution in [3.05, 3.63) is 40.2 Å². The number of ether oxygens (including phenoxy) is 2. The van der Waals surface area contributed by atoms with Gasteiger partial charge in [0, 0.05) is 58.2 Å². The second kappa shape index (κ2) is 13.9. The topological polar surface area (TPSA) is 157 Å². The zero-order valence-electron chi connectivity index (χ0n) is 23.1. The Labute approximate surface area is 228 Å². The Morgan fingerprint density at radius 2 is 1.54 bits per heavy atom. The van der Waals surface area contributed by atoms with E-state index in [1.54, 1.807) is 14.2 Å². The number of carboxylic acid groups (broad SMARTS) is 2. The van der Waals surface area contributed by atoms with Gasteiger partial charge in [0.05, 0.1) is 19.9 Å². The second-order valence-corrected chi connectivity index (χ2v) is 9.71. The summed E-state index contributed by atoms with van der Waals surface area (Å²) in [5.74, 6) is 0.0116. The van der Waals surface area contributed by atoms with Crippen LogP contribution in [0, 0.1) is 0 Å². The standard InChI is InChI=1S/C23H31N5O3.2C2H4O2/c1-30-20-11-15-4-8-28(14-16(15)12-21(20)31-2)17-5-9-27(10-6-17)23(29)22-18-3-7-24-13-19(18)25-26-22;2*1-2(3)4/h11-12,17,24H,3-10,13-14H2,1-2H3,(H,25,26);2*1H3,(H,3,4). The molecule has 0 unspecified atom stereocenters. The number of methoxy groups -OCH3 is 2. The van der Waals surface area contributed by atoms with Crippen LogP contribution in [0.15, 0.2) is 12.1 Å². The Hall–Kier alpha value is -3.64. The fourth-order valence-corrected chi connectivity index (χ4v) is 5.22. The number of benzene rings is 1. The number of carbonyl (C=O) groups excluding carboxylic acids is 1. The third kappa shape index (κ3) is 7.93. The zero-order chi connectivity index (χ0) is 28.5. The maximum Gasteiger partial charge on any atom is 0.300 e. The molecule has 214 valence electrons. The number of rotatable bonds is 4. The number of aliphatic carboxylic acids is 2. The molecule has 2 aromatic rings. The van der Waals surface area contributed by atoms with Gasteiger partial charge in [0.25, 0.3) is 17.8 Å². The van der Waals surface area contributed by atoms with Crippen molar-refractivity contribution in [2.24, 2.45) is 0 Å². The van der Waals surface area contributed by atoms with Gasteiger partial charge in [-0.15, -0.1) is 0 Å². The Morgan fingerprint density at radius 1 is 0.949 bits per heavy atom. The lowest BCUT2D eigenvalue weighted by molar-refractivity contribution is -0.135. The number of aromatic amines is 1. The van der Waals surface area contributed by atoms with Crippen molar-refractivity contribution in [1.82, 2.24) is 25.3 Å². The van der Waals surface area contributed by atoms with E-state index in [0.29, 0.717) is 11.7 Å². The highest BCUT2D eigenvalue weighted by Gasteiger charge is 2.32. The SMILES string of the molecule is CC(=O)O.CC(=O)O.COc1cc2c(cc1OC)CN(C1CCN(C(=O)c3n[nH]c4c3CCNC4)CC1)CC2. The summed E-state index contributed by atoms with van der Waals surface area (Å²) >= 11 is 0. The molecule has 12 heteroatoms. The molecule has 0 spiro atoms. The highest BCUT2D eigenvalue weighted by atomic mass is 16.5. The number of nitrogens with one attached hydrogen (secondary N) is 2. The first kappa shape index (κ1) is 29.9. The van der Waals surface area contributed by atoms with Gasteiger partial charge < -0.3 is 29.9 Å². The van der Waals surface area contributed by atoms with Crippen LogP contribution in [0.1, 0.15) is 59.6 Å². The number of H-pyrrole nitrogens is 1. The summed E-state index contributed by atoms with van der Waals surface area (Å²) < 4.78 is 11.0. The molecule has 0 aliphatic carbocycles. The first-order chi connectivity index (χ1) is 18.6. The molecule has 1 fully saturated rings. The van der Waals surface area contributed by atoms with Gasteiger partial charge in [-0.05, 0) is 55.5 Å². The largest absolute Gasteiger partial charge is 0.493 e. The summed E-state index contributed by atoms with van der Waals surface area (Å²) in [5.41, 5.74) is 5.45. The lowest BCUT2D eigenvalue weighted by Crippen LogP contribution is -2.48. The molecule has 12 nitrogen and oxygen atoms in total. The number of nitrogens with zero attached hydrogens (tertiary/aromatic N) is 3. The van der Waals surface area contributed by atoms with Gasteiger partial charge >= 0.3 is 0 Å². The number of hydrogen-bond acceptors (Lipinski definition) is 8. The van der Waals surface area contributed by atoms with E-state index in [4.69, 9.17) is 29.3 Å². The first-order valence-corrected chi connectivity index (χ1v) is 13.1. The maximum absolute atomic E-state index is 13.1. The van der Waals surface area contributed by atoms with E-state index in [1.807, 2.05) is 4.90 Å². The van der Waals surface area contributed by atoms with Crippen molar-refractivity contribution in [3.63, 3.8) is 0 Å². The van der Waals surface area contributed by atoms with Crippen LogP contribution in [-0.4, -0.2) is 94.5 Å². The molecule has 4 heterocycles. The minimum absolute atomic E-state index is 0.0821. The molecular weight excluding hydrogens is 506 g/mol. The molecule has 0 radical (unpaired) electrons. The normalized spacial score (nSPS) is 16.9. The molecule has 0 atom stereocenters. The molecule has 4 N–H and O–H groups in total. The molecule has 39 heavy (non-hydrogen) atoms. The number of fused-ring (bicyclic) bond motifs is 2. The van der Waals surface area contributed by atoms with Crippen LogP contribution in [0.2, 0.25) is 0 Å². The molecule has 5 rings (SSSR count). The monoisotopic (exact) mass is 545 g/mol. The quantitative estimate of drug-likeness (QED) is 0.447. The molecule has 1 aromatic carbocycles. The Kier molecular flexibility index (Phi) is 10.7. The molecule has 3 aliphatic heterocycles. The van der Waals surface area contributed by atoms with Crippen molar-refractivity contribution >= 4 is 17.8 Å². The maximum atomic E-state index is 13.1.